The van der Waals surface area contributed by atoms with Crippen molar-refractivity contribution in [2.45, 2.75) is 64.3 Å². The smallest absolute Gasteiger partial charge is 0.0471 e. The highest BCUT2D eigenvalue weighted by Crippen LogP contribution is 2.41. The Labute approximate surface area is 100 Å². The zero-order chi connectivity index (χ0) is 11.3. The van der Waals surface area contributed by atoms with Gasteiger partial charge in [-0.25, -0.2) is 0 Å². The average Bonchev–Trinajstić information content (AvgIpc) is 2.65. The summed E-state index contributed by atoms with van der Waals surface area (Å²) in [5, 5.41) is 3.77. The molecule has 2 rings (SSSR count). The van der Waals surface area contributed by atoms with Gasteiger partial charge in [0, 0.05) is 25.8 Å². The zero-order valence-corrected chi connectivity index (χ0v) is 10.8. The maximum Gasteiger partial charge on any atom is 0.0471 e. The molecule has 0 atom stereocenters. The fourth-order valence-corrected chi connectivity index (χ4v) is 3.05. The van der Waals surface area contributed by atoms with E-state index in [4.69, 9.17) is 4.74 Å². The molecule has 0 spiro atoms. The molecular formula is C14H27NO. The van der Waals surface area contributed by atoms with E-state index in [0.29, 0.717) is 5.41 Å². The minimum Gasteiger partial charge on any atom is -0.382 e. The molecular weight excluding hydrogens is 198 g/mol. The van der Waals surface area contributed by atoms with Crippen LogP contribution < -0.4 is 5.32 Å². The first kappa shape index (κ1) is 12.4. The summed E-state index contributed by atoms with van der Waals surface area (Å²) in [4.78, 5) is 0. The first-order valence-electron chi connectivity index (χ1n) is 7.16. The summed E-state index contributed by atoms with van der Waals surface area (Å²) in [5.74, 6) is 0. The maximum absolute atomic E-state index is 5.54. The lowest BCUT2D eigenvalue weighted by atomic mass is 9.81. The van der Waals surface area contributed by atoms with Gasteiger partial charge in [0.25, 0.3) is 0 Å². The predicted molar refractivity (Wildman–Crippen MR) is 67.7 cm³/mol. The normalized spacial score (nSPS) is 24.6. The van der Waals surface area contributed by atoms with Gasteiger partial charge in [-0.2, -0.15) is 0 Å². The number of hydrogen-bond acceptors (Lipinski definition) is 2. The summed E-state index contributed by atoms with van der Waals surface area (Å²) in [5.41, 5.74) is 0.574. The monoisotopic (exact) mass is 225 g/mol. The number of nitrogens with one attached hydrogen (secondary N) is 1. The molecule has 0 unspecified atom stereocenters. The molecule has 2 aliphatic carbocycles. The second kappa shape index (κ2) is 6.02. The molecule has 0 aromatic heterocycles. The van der Waals surface area contributed by atoms with Gasteiger partial charge in [-0.05, 0) is 44.4 Å². The van der Waals surface area contributed by atoms with Gasteiger partial charge in [-0.3, -0.25) is 0 Å². The molecule has 1 N–H and O–H groups in total. The topological polar surface area (TPSA) is 21.3 Å². The summed E-state index contributed by atoms with van der Waals surface area (Å²) >= 11 is 0. The Bertz CT molecular complexity index is 195. The molecule has 0 radical (unpaired) electrons. The number of ether oxygens (including phenoxy) is 1. The van der Waals surface area contributed by atoms with E-state index in [1.165, 1.54) is 57.9 Å². The van der Waals surface area contributed by atoms with Gasteiger partial charge in [0.05, 0.1) is 0 Å². The Balaban J connectivity index is 1.72. The average molecular weight is 225 g/mol. The second-order valence-corrected chi connectivity index (χ2v) is 5.66. The van der Waals surface area contributed by atoms with E-state index in [1.807, 2.05) is 0 Å². The quantitative estimate of drug-likeness (QED) is 0.672. The van der Waals surface area contributed by atoms with Crippen LogP contribution in [0.1, 0.15) is 58.3 Å². The van der Waals surface area contributed by atoms with Crippen molar-refractivity contribution in [3.63, 3.8) is 0 Å². The summed E-state index contributed by atoms with van der Waals surface area (Å²) < 4.78 is 5.54. The summed E-state index contributed by atoms with van der Waals surface area (Å²) in [6.45, 7) is 5.16. The summed E-state index contributed by atoms with van der Waals surface area (Å²) in [6, 6.07) is 0.838. The zero-order valence-electron chi connectivity index (χ0n) is 10.8. The third-order valence-corrected chi connectivity index (χ3v) is 4.52. The Kier molecular flexibility index (Phi) is 4.66. The van der Waals surface area contributed by atoms with Crippen molar-refractivity contribution in [3.05, 3.63) is 0 Å². The Hall–Kier alpha value is -0.0800. The molecule has 2 fully saturated rings. The molecule has 0 heterocycles. The minimum absolute atomic E-state index is 0.574. The van der Waals surface area contributed by atoms with E-state index in [-0.39, 0.29) is 0 Å². The lowest BCUT2D eigenvalue weighted by Crippen LogP contribution is -2.42. The highest BCUT2D eigenvalue weighted by molar-refractivity contribution is 4.89. The molecule has 2 saturated carbocycles. The fourth-order valence-electron chi connectivity index (χ4n) is 3.05. The van der Waals surface area contributed by atoms with Crippen LogP contribution in [0.2, 0.25) is 0 Å². The first-order valence-corrected chi connectivity index (χ1v) is 7.16. The van der Waals surface area contributed by atoms with Crippen LogP contribution >= 0.6 is 0 Å². The lowest BCUT2D eigenvalue weighted by molar-refractivity contribution is 0.0994. The van der Waals surface area contributed by atoms with Crippen molar-refractivity contribution in [3.8, 4) is 0 Å². The van der Waals surface area contributed by atoms with Gasteiger partial charge in [0.15, 0.2) is 0 Å². The van der Waals surface area contributed by atoms with E-state index in [0.717, 1.165) is 19.3 Å². The fraction of sp³-hybridized carbons (Fsp3) is 1.00. The van der Waals surface area contributed by atoms with Crippen LogP contribution in [0.25, 0.3) is 0 Å². The molecule has 2 nitrogen and oxygen atoms in total. The van der Waals surface area contributed by atoms with E-state index >= 15 is 0 Å². The van der Waals surface area contributed by atoms with Crippen LogP contribution in [0.5, 0.6) is 0 Å². The van der Waals surface area contributed by atoms with Gasteiger partial charge in [-0.1, -0.05) is 19.3 Å². The third-order valence-electron chi connectivity index (χ3n) is 4.52. The SMILES string of the molecule is CCOCCC1(CNC2CCC2)CCCC1. The van der Waals surface area contributed by atoms with Crippen LogP contribution in [0.3, 0.4) is 0 Å². The molecule has 0 aromatic rings. The van der Waals surface area contributed by atoms with Gasteiger partial charge in [-0.15, -0.1) is 0 Å². The van der Waals surface area contributed by atoms with Gasteiger partial charge >= 0.3 is 0 Å². The van der Waals surface area contributed by atoms with Gasteiger partial charge in [0.2, 0.25) is 0 Å². The van der Waals surface area contributed by atoms with Crippen molar-refractivity contribution in [1.29, 1.82) is 0 Å². The third kappa shape index (κ3) is 3.21. The molecule has 0 aliphatic heterocycles. The Morgan fingerprint density at radius 3 is 2.50 bits per heavy atom. The highest BCUT2D eigenvalue weighted by Gasteiger charge is 2.34. The standard InChI is InChI=1S/C14H27NO/c1-2-16-11-10-14(8-3-4-9-14)12-15-13-6-5-7-13/h13,15H,2-12H2,1H3. The second-order valence-electron chi connectivity index (χ2n) is 5.66. The largest absolute Gasteiger partial charge is 0.382 e. The molecule has 0 saturated heterocycles. The summed E-state index contributed by atoms with van der Waals surface area (Å²) in [6.07, 6.45) is 11.2. The number of hydrogen-bond donors (Lipinski definition) is 1. The van der Waals surface area contributed by atoms with E-state index < -0.39 is 0 Å². The van der Waals surface area contributed by atoms with E-state index in [1.54, 1.807) is 0 Å². The minimum atomic E-state index is 0.574. The van der Waals surface area contributed by atoms with Crippen molar-refractivity contribution in [1.82, 2.24) is 5.32 Å². The van der Waals surface area contributed by atoms with E-state index in [2.05, 4.69) is 12.2 Å². The Morgan fingerprint density at radius 2 is 1.94 bits per heavy atom. The van der Waals surface area contributed by atoms with Crippen LogP contribution in [0.15, 0.2) is 0 Å². The predicted octanol–water partition coefficient (Wildman–Crippen LogP) is 3.12. The molecule has 2 heteroatoms. The van der Waals surface area contributed by atoms with Crippen LogP contribution in [-0.2, 0) is 4.74 Å². The van der Waals surface area contributed by atoms with Crippen molar-refractivity contribution in [2.24, 2.45) is 5.41 Å². The van der Waals surface area contributed by atoms with Crippen LogP contribution in [0, 0.1) is 5.41 Å². The molecule has 0 bridgehead atoms. The molecule has 16 heavy (non-hydrogen) atoms. The maximum atomic E-state index is 5.54. The first-order chi connectivity index (χ1) is 7.85. The van der Waals surface area contributed by atoms with Crippen LogP contribution in [0.4, 0.5) is 0 Å². The van der Waals surface area contributed by atoms with Gasteiger partial charge in [0.1, 0.15) is 0 Å². The van der Waals surface area contributed by atoms with Crippen molar-refractivity contribution < 1.29 is 4.74 Å². The molecule has 0 amide bonds. The van der Waals surface area contributed by atoms with Gasteiger partial charge < -0.3 is 10.1 Å². The molecule has 94 valence electrons. The number of rotatable bonds is 7. The van der Waals surface area contributed by atoms with Crippen LogP contribution in [-0.4, -0.2) is 25.8 Å². The van der Waals surface area contributed by atoms with Crippen molar-refractivity contribution >= 4 is 0 Å². The molecule has 2 aliphatic rings. The highest BCUT2D eigenvalue weighted by atomic mass is 16.5. The van der Waals surface area contributed by atoms with Crippen molar-refractivity contribution in [2.75, 3.05) is 19.8 Å². The summed E-state index contributed by atoms with van der Waals surface area (Å²) in [7, 11) is 0. The van der Waals surface area contributed by atoms with E-state index in [9.17, 15) is 0 Å². The lowest BCUT2D eigenvalue weighted by Gasteiger charge is -2.34. The Morgan fingerprint density at radius 1 is 1.19 bits per heavy atom. The molecule has 0 aromatic carbocycles.